The zero-order valence-corrected chi connectivity index (χ0v) is 15.9. The number of nitrogens with zero attached hydrogens (tertiary/aromatic N) is 1. The number of anilines is 1. The predicted molar refractivity (Wildman–Crippen MR) is 105 cm³/mol. The van der Waals surface area contributed by atoms with Crippen LogP contribution in [0, 0.1) is 23.2 Å². The van der Waals surface area contributed by atoms with E-state index in [9.17, 15) is 9.59 Å². The summed E-state index contributed by atoms with van der Waals surface area (Å²) in [7, 11) is 0. The Balaban J connectivity index is 1.44. The molecule has 2 amide bonds. The lowest BCUT2D eigenvalue weighted by atomic mass is 9.81. The SMILES string of the molecule is N#Cc1ccc(NC(=O)C2CCC(C(=O)NC3CCCCCC3)CC2)cc1. The van der Waals surface area contributed by atoms with Crippen LogP contribution in [0.25, 0.3) is 0 Å². The topological polar surface area (TPSA) is 82.0 Å². The molecule has 0 bridgehead atoms. The molecule has 2 aliphatic rings. The van der Waals surface area contributed by atoms with E-state index in [0.717, 1.165) is 38.5 Å². The average Bonchev–Trinajstić information content (AvgIpc) is 2.97. The van der Waals surface area contributed by atoms with Crippen molar-refractivity contribution >= 4 is 17.5 Å². The van der Waals surface area contributed by atoms with Gasteiger partial charge in [0.2, 0.25) is 11.8 Å². The average molecular weight is 367 g/mol. The van der Waals surface area contributed by atoms with Gasteiger partial charge in [-0.2, -0.15) is 5.26 Å². The molecule has 5 heteroatoms. The molecule has 0 aliphatic heterocycles. The van der Waals surface area contributed by atoms with Gasteiger partial charge < -0.3 is 10.6 Å². The van der Waals surface area contributed by atoms with Gasteiger partial charge >= 0.3 is 0 Å². The van der Waals surface area contributed by atoms with Gasteiger partial charge in [0.05, 0.1) is 11.6 Å². The van der Waals surface area contributed by atoms with E-state index in [0.29, 0.717) is 17.3 Å². The van der Waals surface area contributed by atoms with Crippen molar-refractivity contribution in [3.63, 3.8) is 0 Å². The molecule has 0 spiro atoms. The summed E-state index contributed by atoms with van der Waals surface area (Å²) in [5.74, 6) is 0.213. The lowest BCUT2D eigenvalue weighted by Crippen LogP contribution is -2.40. The third-order valence-electron chi connectivity index (χ3n) is 5.95. The molecule has 144 valence electrons. The van der Waals surface area contributed by atoms with Crippen molar-refractivity contribution in [1.29, 1.82) is 5.26 Å². The molecule has 0 heterocycles. The molecule has 1 aromatic carbocycles. The van der Waals surface area contributed by atoms with Crippen molar-refractivity contribution in [3.8, 4) is 6.07 Å². The van der Waals surface area contributed by atoms with Crippen molar-refractivity contribution in [2.75, 3.05) is 5.32 Å². The summed E-state index contributed by atoms with van der Waals surface area (Å²) in [5, 5.41) is 15.0. The lowest BCUT2D eigenvalue weighted by molar-refractivity contribution is -0.129. The van der Waals surface area contributed by atoms with Crippen LogP contribution in [0.3, 0.4) is 0 Å². The molecule has 2 N–H and O–H groups in total. The molecule has 27 heavy (non-hydrogen) atoms. The van der Waals surface area contributed by atoms with Gasteiger partial charge in [0.15, 0.2) is 0 Å². The Kier molecular flexibility index (Phi) is 6.86. The fourth-order valence-electron chi connectivity index (χ4n) is 4.23. The Morgan fingerprint density at radius 3 is 1.93 bits per heavy atom. The maximum atomic E-state index is 12.6. The van der Waals surface area contributed by atoms with E-state index >= 15 is 0 Å². The predicted octanol–water partition coefficient (Wildman–Crippen LogP) is 4.14. The van der Waals surface area contributed by atoms with Gasteiger partial charge in [-0.15, -0.1) is 0 Å². The lowest BCUT2D eigenvalue weighted by Gasteiger charge is -2.28. The monoisotopic (exact) mass is 367 g/mol. The van der Waals surface area contributed by atoms with Crippen molar-refractivity contribution in [3.05, 3.63) is 29.8 Å². The van der Waals surface area contributed by atoms with Crippen LogP contribution < -0.4 is 10.6 Å². The van der Waals surface area contributed by atoms with E-state index < -0.39 is 0 Å². The minimum absolute atomic E-state index is 0.0160. The second-order valence-corrected chi connectivity index (χ2v) is 7.92. The van der Waals surface area contributed by atoms with Crippen molar-refractivity contribution < 1.29 is 9.59 Å². The Morgan fingerprint density at radius 2 is 1.37 bits per heavy atom. The first-order valence-electron chi connectivity index (χ1n) is 10.3. The van der Waals surface area contributed by atoms with Crippen molar-refractivity contribution in [2.45, 2.75) is 70.3 Å². The molecule has 0 atom stereocenters. The summed E-state index contributed by atoms with van der Waals surface area (Å²) in [6, 6.07) is 9.32. The molecular weight excluding hydrogens is 338 g/mol. The number of amides is 2. The van der Waals surface area contributed by atoms with Gasteiger partial charge in [0, 0.05) is 23.6 Å². The molecule has 1 aromatic rings. The van der Waals surface area contributed by atoms with Gasteiger partial charge in [-0.3, -0.25) is 9.59 Å². The Morgan fingerprint density at radius 1 is 0.815 bits per heavy atom. The van der Waals surface area contributed by atoms with Gasteiger partial charge in [0.25, 0.3) is 0 Å². The quantitative estimate of drug-likeness (QED) is 0.785. The Labute approximate surface area is 161 Å². The van der Waals surface area contributed by atoms with E-state index in [4.69, 9.17) is 5.26 Å². The number of hydrogen-bond donors (Lipinski definition) is 2. The number of benzene rings is 1. The summed E-state index contributed by atoms with van der Waals surface area (Å²) < 4.78 is 0. The highest BCUT2D eigenvalue weighted by Crippen LogP contribution is 2.30. The van der Waals surface area contributed by atoms with E-state index in [1.54, 1.807) is 24.3 Å². The first-order valence-corrected chi connectivity index (χ1v) is 10.3. The fraction of sp³-hybridized carbons (Fsp3) is 0.591. The summed E-state index contributed by atoms with van der Waals surface area (Å²) in [6.07, 6.45) is 10.3. The summed E-state index contributed by atoms with van der Waals surface area (Å²) in [6.45, 7) is 0. The van der Waals surface area contributed by atoms with E-state index in [1.165, 1.54) is 25.7 Å². The van der Waals surface area contributed by atoms with Gasteiger partial charge in [-0.25, -0.2) is 0 Å². The minimum Gasteiger partial charge on any atom is -0.353 e. The Bertz CT molecular complexity index is 677. The van der Waals surface area contributed by atoms with Gasteiger partial charge in [0.1, 0.15) is 0 Å². The van der Waals surface area contributed by atoms with Gasteiger partial charge in [-0.1, -0.05) is 25.7 Å². The smallest absolute Gasteiger partial charge is 0.227 e. The van der Waals surface area contributed by atoms with E-state index in [2.05, 4.69) is 16.7 Å². The minimum atomic E-state index is -0.0393. The number of hydrogen-bond acceptors (Lipinski definition) is 3. The largest absolute Gasteiger partial charge is 0.353 e. The van der Waals surface area contributed by atoms with Crippen molar-refractivity contribution in [2.24, 2.45) is 11.8 Å². The summed E-state index contributed by atoms with van der Waals surface area (Å²) in [5.41, 5.74) is 1.29. The number of nitrogens with one attached hydrogen (secondary N) is 2. The van der Waals surface area contributed by atoms with Crippen molar-refractivity contribution in [1.82, 2.24) is 5.32 Å². The van der Waals surface area contributed by atoms with Crippen LogP contribution in [0.2, 0.25) is 0 Å². The molecule has 0 unspecified atom stereocenters. The zero-order chi connectivity index (χ0) is 19.1. The number of rotatable bonds is 4. The van der Waals surface area contributed by atoms with Crippen LogP contribution in [-0.4, -0.2) is 17.9 Å². The highest BCUT2D eigenvalue weighted by Gasteiger charge is 2.30. The number of carbonyl (C=O) groups excluding carboxylic acids is 2. The molecule has 2 fully saturated rings. The van der Waals surface area contributed by atoms with Crippen LogP contribution in [0.5, 0.6) is 0 Å². The molecule has 3 rings (SSSR count). The highest BCUT2D eigenvalue weighted by atomic mass is 16.2. The second-order valence-electron chi connectivity index (χ2n) is 7.92. The molecule has 5 nitrogen and oxygen atoms in total. The molecular formula is C22H29N3O2. The zero-order valence-electron chi connectivity index (χ0n) is 15.9. The number of nitriles is 1. The third kappa shape index (κ3) is 5.56. The van der Waals surface area contributed by atoms with Crippen LogP contribution in [0.4, 0.5) is 5.69 Å². The van der Waals surface area contributed by atoms with Crippen LogP contribution in [0.15, 0.2) is 24.3 Å². The molecule has 0 saturated heterocycles. The second kappa shape index (κ2) is 9.55. The van der Waals surface area contributed by atoms with Gasteiger partial charge in [-0.05, 0) is 62.8 Å². The van der Waals surface area contributed by atoms with E-state index in [1.807, 2.05) is 0 Å². The first kappa shape index (κ1) is 19.4. The van der Waals surface area contributed by atoms with E-state index in [-0.39, 0.29) is 23.7 Å². The molecule has 0 radical (unpaired) electrons. The highest BCUT2D eigenvalue weighted by molar-refractivity contribution is 5.92. The summed E-state index contributed by atoms with van der Waals surface area (Å²) >= 11 is 0. The fourth-order valence-corrected chi connectivity index (χ4v) is 4.23. The maximum Gasteiger partial charge on any atom is 0.227 e. The molecule has 0 aromatic heterocycles. The third-order valence-corrected chi connectivity index (χ3v) is 5.95. The standard InChI is InChI=1S/C22H29N3O2/c23-15-16-7-13-20(14-8-16)25-22(27)18-11-9-17(10-12-18)21(26)24-19-5-3-1-2-4-6-19/h7-8,13-14,17-19H,1-6,9-12H2,(H,24,26)(H,25,27). The first-order chi connectivity index (χ1) is 13.2. The van der Waals surface area contributed by atoms with Crippen LogP contribution in [-0.2, 0) is 9.59 Å². The molecule has 2 aliphatic carbocycles. The number of carbonyl (C=O) groups is 2. The normalized spacial score (nSPS) is 23.7. The molecule has 2 saturated carbocycles. The Hall–Kier alpha value is -2.35. The van der Waals surface area contributed by atoms with Crippen LogP contribution in [0.1, 0.15) is 69.8 Å². The summed E-state index contributed by atoms with van der Waals surface area (Å²) in [4.78, 5) is 25.0. The maximum absolute atomic E-state index is 12.6. The van der Waals surface area contributed by atoms with Crippen LogP contribution >= 0.6 is 0 Å².